The van der Waals surface area contributed by atoms with Crippen molar-refractivity contribution in [2.45, 2.75) is 4.90 Å². The Kier molecular flexibility index (Phi) is 5.58. The van der Waals surface area contributed by atoms with Gasteiger partial charge in [0, 0.05) is 27.9 Å². The fourth-order valence-corrected chi connectivity index (χ4v) is 2.16. The zero-order valence-electron chi connectivity index (χ0n) is 10.5. The van der Waals surface area contributed by atoms with Crippen molar-refractivity contribution in [3.63, 3.8) is 0 Å². The van der Waals surface area contributed by atoms with Crippen molar-refractivity contribution in [3.8, 4) is 0 Å². The number of rotatable bonds is 5. The molecule has 1 aromatic carbocycles. The predicted octanol–water partition coefficient (Wildman–Crippen LogP) is 2.98. The van der Waals surface area contributed by atoms with Gasteiger partial charge in [0.25, 0.3) is 0 Å². The molecule has 102 valence electrons. The van der Waals surface area contributed by atoms with Crippen LogP contribution in [0.3, 0.4) is 0 Å². The van der Waals surface area contributed by atoms with Gasteiger partial charge in [-0.05, 0) is 30.3 Å². The summed E-state index contributed by atoms with van der Waals surface area (Å²) in [6.07, 6.45) is 4.90. The molecule has 0 aliphatic rings. The third-order valence-electron chi connectivity index (χ3n) is 2.27. The highest BCUT2D eigenvalue weighted by atomic mass is 35.5. The fraction of sp³-hybridized carbons (Fsp3) is 0.0714. The number of hydrogen-bond acceptors (Lipinski definition) is 4. The number of hydrogen-bond donors (Lipinski definition) is 1. The Labute approximate surface area is 126 Å². The number of hydrazone groups is 1. The van der Waals surface area contributed by atoms with E-state index < -0.39 is 0 Å². The summed E-state index contributed by atoms with van der Waals surface area (Å²) < 4.78 is 0. The highest BCUT2D eigenvalue weighted by Crippen LogP contribution is 2.19. The van der Waals surface area contributed by atoms with Gasteiger partial charge < -0.3 is 0 Å². The monoisotopic (exact) mass is 305 g/mol. The first-order valence-corrected chi connectivity index (χ1v) is 7.21. The topological polar surface area (TPSA) is 54.4 Å². The fourth-order valence-electron chi connectivity index (χ4n) is 1.34. The van der Waals surface area contributed by atoms with Crippen molar-refractivity contribution in [2.75, 3.05) is 5.75 Å². The van der Waals surface area contributed by atoms with E-state index in [0.717, 1.165) is 10.5 Å². The number of benzene rings is 1. The number of thioether (sulfide) groups is 1. The van der Waals surface area contributed by atoms with Crippen molar-refractivity contribution in [3.05, 3.63) is 59.4 Å². The molecule has 0 unspecified atom stereocenters. The second-order valence-corrected chi connectivity index (χ2v) is 5.31. The summed E-state index contributed by atoms with van der Waals surface area (Å²) in [6, 6.07) is 11.0. The maximum atomic E-state index is 11.6. The van der Waals surface area contributed by atoms with Gasteiger partial charge in [0.05, 0.1) is 12.0 Å². The molecule has 0 saturated carbocycles. The largest absolute Gasteiger partial charge is 0.272 e. The zero-order chi connectivity index (χ0) is 14.2. The lowest BCUT2D eigenvalue weighted by atomic mass is 10.3. The maximum Gasteiger partial charge on any atom is 0.250 e. The molecule has 0 spiro atoms. The summed E-state index contributed by atoms with van der Waals surface area (Å²) in [7, 11) is 0. The van der Waals surface area contributed by atoms with Crippen LogP contribution in [-0.2, 0) is 4.79 Å². The van der Waals surface area contributed by atoms with E-state index in [0.29, 0.717) is 10.8 Å². The quantitative estimate of drug-likeness (QED) is 0.525. The Hall–Kier alpha value is -1.85. The molecule has 20 heavy (non-hydrogen) atoms. The van der Waals surface area contributed by atoms with Crippen LogP contribution >= 0.6 is 23.4 Å². The van der Waals surface area contributed by atoms with Gasteiger partial charge in [-0.25, -0.2) is 5.43 Å². The van der Waals surface area contributed by atoms with Gasteiger partial charge in [0.1, 0.15) is 0 Å². The number of aromatic nitrogens is 1. The van der Waals surface area contributed by atoms with Crippen molar-refractivity contribution < 1.29 is 4.79 Å². The molecule has 0 aliphatic carbocycles. The molecule has 1 amide bonds. The van der Waals surface area contributed by atoms with Crippen LogP contribution in [0.4, 0.5) is 0 Å². The minimum Gasteiger partial charge on any atom is -0.272 e. The van der Waals surface area contributed by atoms with Gasteiger partial charge in [-0.3, -0.25) is 9.78 Å². The van der Waals surface area contributed by atoms with E-state index in [4.69, 9.17) is 11.6 Å². The molecule has 2 rings (SSSR count). The molecule has 0 bridgehead atoms. The SMILES string of the molecule is O=C(CSc1ccc(Cl)cc1)NN=Cc1cccnc1. The van der Waals surface area contributed by atoms with Crippen molar-refractivity contribution >= 4 is 35.5 Å². The molecule has 1 heterocycles. The van der Waals surface area contributed by atoms with Crippen LogP contribution in [0.5, 0.6) is 0 Å². The average Bonchev–Trinajstić information content (AvgIpc) is 2.48. The molecule has 1 aromatic heterocycles. The lowest BCUT2D eigenvalue weighted by molar-refractivity contribution is -0.118. The molecule has 0 aliphatic heterocycles. The van der Waals surface area contributed by atoms with Crippen molar-refractivity contribution in [1.29, 1.82) is 0 Å². The number of amides is 1. The summed E-state index contributed by atoms with van der Waals surface area (Å²) >= 11 is 7.21. The Morgan fingerprint density at radius 3 is 2.85 bits per heavy atom. The van der Waals surface area contributed by atoms with E-state index in [1.54, 1.807) is 36.8 Å². The van der Waals surface area contributed by atoms with E-state index in [-0.39, 0.29) is 5.91 Å². The molecule has 0 atom stereocenters. The Balaban J connectivity index is 1.76. The highest BCUT2D eigenvalue weighted by Gasteiger charge is 2.01. The van der Waals surface area contributed by atoms with E-state index in [1.807, 2.05) is 18.2 Å². The molecule has 1 N–H and O–H groups in total. The van der Waals surface area contributed by atoms with E-state index in [2.05, 4.69) is 15.5 Å². The van der Waals surface area contributed by atoms with Crippen LogP contribution in [0.2, 0.25) is 5.02 Å². The number of halogens is 1. The first-order chi connectivity index (χ1) is 9.74. The molecule has 0 radical (unpaired) electrons. The second kappa shape index (κ2) is 7.67. The third-order valence-corrected chi connectivity index (χ3v) is 3.53. The Morgan fingerprint density at radius 1 is 1.35 bits per heavy atom. The van der Waals surface area contributed by atoms with Gasteiger partial charge >= 0.3 is 0 Å². The van der Waals surface area contributed by atoms with E-state index in [9.17, 15) is 4.79 Å². The average molecular weight is 306 g/mol. The molecule has 6 heteroatoms. The predicted molar refractivity (Wildman–Crippen MR) is 82.1 cm³/mol. The number of carbonyl (C=O) groups is 1. The van der Waals surface area contributed by atoms with E-state index in [1.165, 1.54) is 11.8 Å². The van der Waals surface area contributed by atoms with Crippen LogP contribution in [-0.4, -0.2) is 22.9 Å². The molecule has 0 fully saturated rings. The minimum atomic E-state index is -0.162. The summed E-state index contributed by atoms with van der Waals surface area (Å²) in [4.78, 5) is 16.5. The Bertz CT molecular complexity index is 587. The van der Waals surface area contributed by atoms with Crippen LogP contribution in [0.15, 0.2) is 58.8 Å². The molecule has 2 aromatic rings. The van der Waals surface area contributed by atoms with Gasteiger partial charge in [-0.15, -0.1) is 11.8 Å². The lowest BCUT2D eigenvalue weighted by Crippen LogP contribution is -2.19. The maximum absolute atomic E-state index is 11.6. The van der Waals surface area contributed by atoms with Gasteiger partial charge in [0.15, 0.2) is 0 Å². The summed E-state index contributed by atoms with van der Waals surface area (Å²) in [5.41, 5.74) is 3.30. The highest BCUT2D eigenvalue weighted by molar-refractivity contribution is 8.00. The summed E-state index contributed by atoms with van der Waals surface area (Å²) in [6.45, 7) is 0. The standard InChI is InChI=1S/C14H12ClN3OS/c15-12-3-5-13(6-4-12)20-10-14(19)18-17-9-11-2-1-7-16-8-11/h1-9H,10H2,(H,18,19). The number of nitrogens with zero attached hydrogens (tertiary/aromatic N) is 2. The molecule has 0 saturated heterocycles. The second-order valence-electron chi connectivity index (χ2n) is 3.82. The van der Waals surface area contributed by atoms with Gasteiger partial charge in [-0.2, -0.15) is 5.10 Å². The molecular weight excluding hydrogens is 294 g/mol. The molecule has 4 nitrogen and oxygen atoms in total. The van der Waals surface area contributed by atoms with Crippen molar-refractivity contribution in [1.82, 2.24) is 10.4 Å². The van der Waals surface area contributed by atoms with Gasteiger partial charge in [0.2, 0.25) is 5.91 Å². The lowest BCUT2D eigenvalue weighted by Gasteiger charge is -2.01. The first-order valence-electron chi connectivity index (χ1n) is 5.84. The minimum absolute atomic E-state index is 0.162. The third kappa shape index (κ3) is 5.03. The Morgan fingerprint density at radius 2 is 2.15 bits per heavy atom. The number of carbonyl (C=O) groups excluding carboxylic acids is 1. The molecular formula is C14H12ClN3OS. The smallest absolute Gasteiger partial charge is 0.250 e. The first kappa shape index (κ1) is 14.6. The zero-order valence-corrected chi connectivity index (χ0v) is 12.1. The van der Waals surface area contributed by atoms with Crippen LogP contribution in [0.1, 0.15) is 5.56 Å². The van der Waals surface area contributed by atoms with Crippen LogP contribution in [0, 0.1) is 0 Å². The van der Waals surface area contributed by atoms with Crippen LogP contribution < -0.4 is 5.43 Å². The summed E-state index contributed by atoms with van der Waals surface area (Å²) in [5, 5.41) is 4.55. The normalized spacial score (nSPS) is 10.7. The number of pyridine rings is 1. The van der Waals surface area contributed by atoms with E-state index >= 15 is 0 Å². The van der Waals surface area contributed by atoms with Crippen molar-refractivity contribution in [2.24, 2.45) is 5.10 Å². The summed E-state index contributed by atoms with van der Waals surface area (Å²) in [5.74, 6) is 0.136. The van der Waals surface area contributed by atoms with Crippen LogP contribution in [0.25, 0.3) is 0 Å². The van der Waals surface area contributed by atoms with Gasteiger partial charge in [-0.1, -0.05) is 17.7 Å². The number of nitrogens with one attached hydrogen (secondary N) is 1.